The lowest BCUT2D eigenvalue weighted by Gasteiger charge is -2.14. The van der Waals surface area contributed by atoms with E-state index < -0.39 is 0 Å². The first-order chi connectivity index (χ1) is 9.11. The zero-order valence-electron chi connectivity index (χ0n) is 12.5. The molecule has 0 aromatic rings. The van der Waals surface area contributed by atoms with Crippen LogP contribution in [0, 0.1) is 5.92 Å². The van der Waals surface area contributed by atoms with Crippen LogP contribution in [0.25, 0.3) is 0 Å². The largest absolute Gasteiger partial charge is 0.356 e. The highest BCUT2D eigenvalue weighted by Crippen LogP contribution is 2.17. The SMILES string of the molecule is CN=C(NCCC(=O)NC1CCCC1)NCC(C)C. The molecule has 0 saturated heterocycles. The van der Waals surface area contributed by atoms with Crippen LogP contribution in [0.1, 0.15) is 46.0 Å². The Morgan fingerprint density at radius 1 is 1.26 bits per heavy atom. The van der Waals surface area contributed by atoms with Gasteiger partial charge in [-0.1, -0.05) is 26.7 Å². The van der Waals surface area contributed by atoms with E-state index in [0.717, 1.165) is 25.3 Å². The summed E-state index contributed by atoms with van der Waals surface area (Å²) in [6.45, 7) is 5.80. The number of nitrogens with zero attached hydrogens (tertiary/aromatic N) is 1. The number of hydrogen-bond acceptors (Lipinski definition) is 2. The van der Waals surface area contributed by atoms with E-state index in [2.05, 4.69) is 34.8 Å². The molecule has 1 amide bonds. The lowest BCUT2D eigenvalue weighted by molar-refractivity contribution is -0.121. The molecule has 5 heteroatoms. The van der Waals surface area contributed by atoms with E-state index >= 15 is 0 Å². The quantitative estimate of drug-likeness (QED) is 0.502. The molecule has 0 atom stereocenters. The first kappa shape index (κ1) is 15.8. The van der Waals surface area contributed by atoms with Crippen molar-refractivity contribution in [1.29, 1.82) is 0 Å². The van der Waals surface area contributed by atoms with Gasteiger partial charge in [0.2, 0.25) is 5.91 Å². The molecule has 0 unspecified atom stereocenters. The van der Waals surface area contributed by atoms with Gasteiger partial charge < -0.3 is 16.0 Å². The van der Waals surface area contributed by atoms with Gasteiger partial charge >= 0.3 is 0 Å². The maximum absolute atomic E-state index is 11.7. The zero-order chi connectivity index (χ0) is 14.1. The van der Waals surface area contributed by atoms with Crippen LogP contribution in [0.4, 0.5) is 0 Å². The molecule has 0 heterocycles. The van der Waals surface area contributed by atoms with Gasteiger partial charge in [-0.15, -0.1) is 0 Å². The second-order valence-electron chi connectivity index (χ2n) is 5.57. The maximum atomic E-state index is 11.7. The van der Waals surface area contributed by atoms with Crippen molar-refractivity contribution >= 4 is 11.9 Å². The minimum Gasteiger partial charge on any atom is -0.356 e. The van der Waals surface area contributed by atoms with Gasteiger partial charge in [0.05, 0.1) is 0 Å². The highest BCUT2D eigenvalue weighted by atomic mass is 16.1. The fraction of sp³-hybridized carbons (Fsp3) is 0.857. The lowest BCUT2D eigenvalue weighted by atomic mass is 10.2. The Labute approximate surface area is 116 Å². The number of rotatable bonds is 6. The fourth-order valence-electron chi connectivity index (χ4n) is 2.19. The Morgan fingerprint density at radius 3 is 2.53 bits per heavy atom. The average molecular weight is 268 g/mol. The molecule has 1 aliphatic rings. The third-order valence-corrected chi connectivity index (χ3v) is 3.27. The maximum Gasteiger partial charge on any atom is 0.221 e. The van der Waals surface area contributed by atoms with Crippen LogP contribution in [0.5, 0.6) is 0 Å². The Balaban J connectivity index is 2.11. The normalized spacial score (nSPS) is 16.7. The summed E-state index contributed by atoms with van der Waals surface area (Å²) in [5.41, 5.74) is 0. The van der Waals surface area contributed by atoms with Crippen LogP contribution in [-0.2, 0) is 4.79 Å². The summed E-state index contributed by atoms with van der Waals surface area (Å²) in [4.78, 5) is 15.8. The summed E-state index contributed by atoms with van der Waals surface area (Å²) in [7, 11) is 1.74. The smallest absolute Gasteiger partial charge is 0.221 e. The van der Waals surface area contributed by atoms with E-state index in [4.69, 9.17) is 0 Å². The monoisotopic (exact) mass is 268 g/mol. The number of amides is 1. The van der Waals surface area contributed by atoms with Crippen molar-refractivity contribution in [3.05, 3.63) is 0 Å². The van der Waals surface area contributed by atoms with Crippen molar-refractivity contribution in [2.75, 3.05) is 20.1 Å². The van der Waals surface area contributed by atoms with E-state index in [9.17, 15) is 4.79 Å². The van der Waals surface area contributed by atoms with Gasteiger partial charge in [-0.3, -0.25) is 9.79 Å². The Hall–Kier alpha value is -1.26. The summed E-state index contributed by atoms with van der Waals surface area (Å²) >= 11 is 0. The van der Waals surface area contributed by atoms with E-state index in [0.29, 0.717) is 24.9 Å². The van der Waals surface area contributed by atoms with Crippen molar-refractivity contribution in [3.8, 4) is 0 Å². The van der Waals surface area contributed by atoms with Crippen molar-refractivity contribution < 1.29 is 4.79 Å². The van der Waals surface area contributed by atoms with Gasteiger partial charge in [-0.2, -0.15) is 0 Å². The molecule has 0 aliphatic heterocycles. The molecule has 110 valence electrons. The summed E-state index contributed by atoms with van der Waals surface area (Å²) in [5.74, 6) is 1.48. The predicted molar refractivity (Wildman–Crippen MR) is 79.2 cm³/mol. The average Bonchev–Trinajstić information content (AvgIpc) is 2.86. The van der Waals surface area contributed by atoms with E-state index in [-0.39, 0.29) is 5.91 Å². The first-order valence-electron chi connectivity index (χ1n) is 7.35. The van der Waals surface area contributed by atoms with Crippen LogP contribution in [0.15, 0.2) is 4.99 Å². The van der Waals surface area contributed by atoms with Crippen LogP contribution < -0.4 is 16.0 Å². The van der Waals surface area contributed by atoms with Crippen LogP contribution >= 0.6 is 0 Å². The number of carbonyl (C=O) groups is 1. The molecule has 0 aromatic heterocycles. The van der Waals surface area contributed by atoms with Crippen molar-refractivity contribution in [2.45, 2.75) is 52.0 Å². The van der Waals surface area contributed by atoms with Crippen LogP contribution in [0.2, 0.25) is 0 Å². The highest BCUT2D eigenvalue weighted by Gasteiger charge is 2.16. The standard InChI is InChI=1S/C14H28N4O/c1-11(2)10-17-14(15-3)16-9-8-13(19)18-12-6-4-5-7-12/h11-12H,4-10H2,1-3H3,(H,18,19)(H2,15,16,17). The zero-order valence-corrected chi connectivity index (χ0v) is 12.5. The van der Waals surface area contributed by atoms with Gasteiger partial charge in [-0.25, -0.2) is 0 Å². The van der Waals surface area contributed by atoms with Gasteiger partial charge in [-0.05, 0) is 18.8 Å². The van der Waals surface area contributed by atoms with Crippen molar-refractivity contribution in [3.63, 3.8) is 0 Å². The second-order valence-corrected chi connectivity index (χ2v) is 5.57. The molecule has 1 saturated carbocycles. The molecule has 0 radical (unpaired) electrons. The Bertz CT molecular complexity index is 296. The molecule has 1 fully saturated rings. The lowest BCUT2D eigenvalue weighted by Crippen LogP contribution is -2.41. The molecule has 3 N–H and O–H groups in total. The van der Waals surface area contributed by atoms with Gasteiger partial charge in [0.15, 0.2) is 5.96 Å². The molecule has 0 bridgehead atoms. The summed E-state index contributed by atoms with van der Waals surface area (Å²) in [5, 5.41) is 9.46. The minimum absolute atomic E-state index is 0.138. The van der Waals surface area contributed by atoms with Gasteiger partial charge in [0.1, 0.15) is 0 Å². The third-order valence-electron chi connectivity index (χ3n) is 3.27. The van der Waals surface area contributed by atoms with Crippen LogP contribution in [0.3, 0.4) is 0 Å². The molecule has 5 nitrogen and oxygen atoms in total. The summed E-state index contributed by atoms with van der Waals surface area (Å²) in [6.07, 6.45) is 5.26. The number of hydrogen-bond donors (Lipinski definition) is 3. The molecular formula is C14H28N4O. The van der Waals surface area contributed by atoms with Crippen LogP contribution in [-0.4, -0.2) is 38.0 Å². The molecule has 1 aliphatic carbocycles. The molecule has 1 rings (SSSR count). The molecular weight excluding hydrogens is 240 g/mol. The molecule has 0 aromatic carbocycles. The van der Waals surface area contributed by atoms with E-state index in [1.54, 1.807) is 7.05 Å². The minimum atomic E-state index is 0.138. The van der Waals surface area contributed by atoms with Gasteiger partial charge in [0, 0.05) is 32.6 Å². The highest BCUT2D eigenvalue weighted by molar-refractivity contribution is 5.81. The third kappa shape index (κ3) is 7.03. The fourth-order valence-corrected chi connectivity index (χ4v) is 2.19. The Kier molecular flexibility index (Phi) is 7.30. The number of guanidine groups is 1. The first-order valence-corrected chi connectivity index (χ1v) is 7.35. The summed E-state index contributed by atoms with van der Waals surface area (Å²) < 4.78 is 0. The second kappa shape index (κ2) is 8.77. The molecule has 0 spiro atoms. The van der Waals surface area contributed by atoms with E-state index in [1.165, 1.54) is 12.8 Å². The Morgan fingerprint density at radius 2 is 1.95 bits per heavy atom. The topological polar surface area (TPSA) is 65.5 Å². The number of nitrogens with one attached hydrogen (secondary N) is 3. The van der Waals surface area contributed by atoms with Gasteiger partial charge in [0.25, 0.3) is 0 Å². The molecule has 19 heavy (non-hydrogen) atoms. The predicted octanol–water partition coefficient (Wildman–Crippen LogP) is 1.26. The number of aliphatic imine (C=N–C) groups is 1. The van der Waals surface area contributed by atoms with Crippen molar-refractivity contribution in [2.24, 2.45) is 10.9 Å². The van der Waals surface area contributed by atoms with E-state index in [1.807, 2.05) is 0 Å². The van der Waals surface area contributed by atoms with Crippen molar-refractivity contribution in [1.82, 2.24) is 16.0 Å². The number of carbonyl (C=O) groups excluding carboxylic acids is 1. The summed E-state index contributed by atoms with van der Waals surface area (Å²) in [6, 6.07) is 0.408.